The van der Waals surface area contributed by atoms with E-state index in [1.165, 1.54) is 5.01 Å². The van der Waals surface area contributed by atoms with Crippen molar-refractivity contribution in [3.8, 4) is 0 Å². The Bertz CT molecular complexity index is 793. The van der Waals surface area contributed by atoms with Gasteiger partial charge in [0, 0.05) is 17.5 Å². The standard InChI is InChI=1S/C13H11N3O2S2/c1-16(14-9-10-5-4-8-19-10)13-11-6-2-3-7-12(11)20(17,18)15-13/h2-9H,1H3/b14-9+. The monoisotopic (exact) mass is 305 g/mol. The van der Waals surface area contributed by atoms with Crippen LogP contribution in [0.2, 0.25) is 0 Å². The number of rotatable bonds is 2. The van der Waals surface area contributed by atoms with Crippen LogP contribution in [-0.4, -0.2) is 32.5 Å². The van der Waals surface area contributed by atoms with Gasteiger partial charge in [-0.2, -0.15) is 13.5 Å². The van der Waals surface area contributed by atoms with Crippen molar-refractivity contribution in [1.82, 2.24) is 5.01 Å². The number of thiophene rings is 1. The Balaban J connectivity index is 1.95. The molecule has 0 atom stereocenters. The predicted molar refractivity (Wildman–Crippen MR) is 79.8 cm³/mol. The van der Waals surface area contributed by atoms with Crippen LogP contribution < -0.4 is 0 Å². The van der Waals surface area contributed by atoms with E-state index in [0.717, 1.165) is 4.88 Å². The van der Waals surface area contributed by atoms with Gasteiger partial charge >= 0.3 is 0 Å². The average Bonchev–Trinajstić information content (AvgIpc) is 3.03. The summed E-state index contributed by atoms with van der Waals surface area (Å²) in [5.41, 5.74) is 0.582. The molecule has 0 N–H and O–H groups in total. The van der Waals surface area contributed by atoms with Gasteiger partial charge in [0.05, 0.1) is 6.21 Å². The number of hydrogen-bond donors (Lipinski definition) is 0. The van der Waals surface area contributed by atoms with Gasteiger partial charge in [-0.25, -0.2) is 5.01 Å². The molecule has 102 valence electrons. The Morgan fingerprint density at radius 1 is 1.25 bits per heavy atom. The minimum absolute atomic E-state index is 0.230. The molecule has 0 unspecified atom stereocenters. The lowest BCUT2D eigenvalue weighted by Gasteiger charge is -2.11. The molecule has 0 saturated carbocycles. The van der Waals surface area contributed by atoms with E-state index < -0.39 is 10.0 Å². The van der Waals surface area contributed by atoms with Crippen LogP contribution in [0.4, 0.5) is 0 Å². The van der Waals surface area contributed by atoms with Gasteiger partial charge in [0.2, 0.25) is 0 Å². The molecule has 2 aromatic rings. The predicted octanol–water partition coefficient (Wildman–Crippen LogP) is 2.16. The highest BCUT2D eigenvalue weighted by Crippen LogP contribution is 2.26. The van der Waals surface area contributed by atoms with Crippen LogP contribution in [0.1, 0.15) is 10.4 Å². The number of hydrogen-bond acceptors (Lipinski definition) is 5. The molecular formula is C13H11N3O2S2. The molecule has 7 heteroatoms. The molecule has 0 fully saturated rings. The van der Waals surface area contributed by atoms with Crippen molar-refractivity contribution in [3.63, 3.8) is 0 Å². The zero-order valence-electron chi connectivity index (χ0n) is 10.6. The highest BCUT2D eigenvalue weighted by molar-refractivity contribution is 7.90. The number of fused-ring (bicyclic) bond motifs is 1. The van der Waals surface area contributed by atoms with E-state index in [-0.39, 0.29) is 4.90 Å². The van der Waals surface area contributed by atoms with Crippen molar-refractivity contribution in [2.75, 3.05) is 7.05 Å². The summed E-state index contributed by atoms with van der Waals surface area (Å²) in [5, 5.41) is 7.66. The van der Waals surface area contributed by atoms with Crippen LogP contribution >= 0.6 is 11.3 Å². The quantitative estimate of drug-likeness (QED) is 0.631. The molecule has 3 rings (SSSR count). The minimum Gasteiger partial charge on any atom is -0.250 e. The fourth-order valence-corrected chi connectivity index (χ4v) is 3.69. The molecule has 0 amide bonds. The number of nitrogens with zero attached hydrogens (tertiary/aromatic N) is 3. The number of benzene rings is 1. The van der Waals surface area contributed by atoms with Gasteiger partial charge < -0.3 is 0 Å². The topological polar surface area (TPSA) is 62.1 Å². The molecule has 1 aliphatic heterocycles. The molecule has 1 aliphatic rings. The van der Waals surface area contributed by atoms with Gasteiger partial charge in [-0.05, 0) is 23.6 Å². The second-order valence-corrected chi connectivity index (χ2v) is 6.72. The molecule has 0 spiro atoms. The molecule has 20 heavy (non-hydrogen) atoms. The Morgan fingerprint density at radius 3 is 2.80 bits per heavy atom. The van der Waals surface area contributed by atoms with Crippen molar-refractivity contribution in [3.05, 3.63) is 52.2 Å². The van der Waals surface area contributed by atoms with Gasteiger partial charge in [0.15, 0.2) is 5.84 Å². The van der Waals surface area contributed by atoms with Crippen LogP contribution in [0.5, 0.6) is 0 Å². The Kier molecular flexibility index (Phi) is 3.15. The van der Waals surface area contributed by atoms with Crippen LogP contribution in [0, 0.1) is 0 Å². The van der Waals surface area contributed by atoms with Gasteiger partial charge in [-0.15, -0.1) is 15.7 Å². The first kappa shape index (κ1) is 13.0. The summed E-state index contributed by atoms with van der Waals surface area (Å²) < 4.78 is 27.7. The third-order valence-corrected chi connectivity index (χ3v) is 4.95. The van der Waals surface area contributed by atoms with E-state index >= 15 is 0 Å². The second-order valence-electron chi connectivity index (χ2n) is 4.17. The molecule has 1 aromatic heterocycles. The first-order valence-corrected chi connectivity index (χ1v) is 8.15. The van der Waals surface area contributed by atoms with E-state index in [1.54, 1.807) is 48.9 Å². The fourth-order valence-electron chi connectivity index (χ4n) is 1.88. The third-order valence-electron chi connectivity index (χ3n) is 2.82. The molecule has 0 aliphatic carbocycles. The van der Waals surface area contributed by atoms with Crippen molar-refractivity contribution in [2.24, 2.45) is 9.50 Å². The third kappa shape index (κ3) is 2.25. The van der Waals surface area contributed by atoms with E-state index in [0.29, 0.717) is 11.4 Å². The summed E-state index contributed by atoms with van der Waals surface area (Å²) in [6.07, 6.45) is 1.68. The van der Waals surface area contributed by atoms with E-state index in [2.05, 4.69) is 9.50 Å². The minimum atomic E-state index is -3.60. The largest absolute Gasteiger partial charge is 0.285 e. The number of amidine groups is 1. The van der Waals surface area contributed by atoms with Crippen LogP contribution in [0.15, 0.2) is 56.2 Å². The molecule has 0 bridgehead atoms. The summed E-state index contributed by atoms with van der Waals surface area (Å²) in [5.74, 6) is 0.341. The van der Waals surface area contributed by atoms with E-state index in [1.807, 2.05) is 17.5 Å². The van der Waals surface area contributed by atoms with Crippen LogP contribution in [-0.2, 0) is 10.0 Å². The van der Waals surface area contributed by atoms with Gasteiger partial charge in [0.1, 0.15) is 4.90 Å². The summed E-state index contributed by atoms with van der Waals surface area (Å²) in [7, 11) is -1.92. The lowest BCUT2D eigenvalue weighted by Crippen LogP contribution is -2.21. The van der Waals surface area contributed by atoms with Crippen molar-refractivity contribution >= 4 is 33.4 Å². The second kappa shape index (κ2) is 4.84. The molecule has 0 radical (unpaired) electrons. The zero-order valence-corrected chi connectivity index (χ0v) is 12.2. The van der Waals surface area contributed by atoms with Crippen molar-refractivity contribution in [1.29, 1.82) is 0 Å². The van der Waals surface area contributed by atoms with E-state index in [4.69, 9.17) is 0 Å². The van der Waals surface area contributed by atoms with Crippen LogP contribution in [0.25, 0.3) is 0 Å². The zero-order chi connectivity index (χ0) is 14.2. The Labute approximate surface area is 120 Å². The highest BCUT2D eigenvalue weighted by Gasteiger charge is 2.30. The maximum absolute atomic E-state index is 11.9. The summed E-state index contributed by atoms with van der Waals surface area (Å²) >= 11 is 1.56. The first-order chi connectivity index (χ1) is 9.58. The summed E-state index contributed by atoms with van der Waals surface area (Å²) in [6, 6.07) is 10.6. The molecule has 1 aromatic carbocycles. The smallest absolute Gasteiger partial charge is 0.250 e. The number of sulfonamides is 1. The normalized spacial score (nSPS) is 16.1. The van der Waals surface area contributed by atoms with Crippen molar-refractivity contribution < 1.29 is 8.42 Å². The molecule has 2 heterocycles. The van der Waals surface area contributed by atoms with Crippen LogP contribution in [0.3, 0.4) is 0 Å². The molecular weight excluding hydrogens is 294 g/mol. The first-order valence-electron chi connectivity index (χ1n) is 5.83. The molecule has 0 saturated heterocycles. The van der Waals surface area contributed by atoms with Gasteiger partial charge in [0.25, 0.3) is 10.0 Å². The summed E-state index contributed by atoms with van der Waals surface area (Å²) in [6.45, 7) is 0. The van der Waals surface area contributed by atoms with Gasteiger partial charge in [-0.1, -0.05) is 18.2 Å². The Hall–Kier alpha value is -1.99. The SMILES string of the molecule is CN(/N=C/c1cccs1)C1=NS(=O)(=O)c2ccccc21. The van der Waals surface area contributed by atoms with Crippen molar-refractivity contribution in [2.45, 2.75) is 4.90 Å². The van der Waals surface area contributed by atoms with E-state index in [9.17, 15) is 8.42 Å². The van der Waals surface area contributed by atoms with Gasteiger partial charge in [-0.3, -0.25) is 0 Å². The number of hydrazone groups is 1. The molecule has 5 nitrogen and oxygen atoms in total. The lowest BCUT2D eigenvalue weighted by atomic mass is 10.2. The maximum atomic E-state index is 11.9. The lowest BCUT2D eigenvalue weighted by molar-refractivity contribution is 0.549. The average molecular weight is 305 g/mol. The fraction of sp³-hybridized carbons (Fsp3) is 0.0769. The maximum Gasteiger partial charge on any atom is 0.285 e. The summed E-state index contributed by atoms with van der Waals surface area (Å²) in [4.78, 5) is 1.22. The highest BCUT2D eigenvalue weighted by atomic mass is 32.2. The Morgan fingerprint density at radius 2 is 2.05 bits per heavy atom.